The Kier molecular flexibility index (Phi) is 3.33. The molecule has 3 nitrogen and oxygen atoms in total. The number of rotatable bonds is 3. The fraction of sp³-hybridized carbons (Fsp3) is 0.222. The number of benzene rings is 1. The molecule has 0 radical (unpaired) electrons. The molecule has 1 rings (SSSR count). The topological polar surface area (TPSA) is 63.3 Å². The van der Waals surface area contributed by atoms with E-state index in [0.717, 1.165) is 0 Å². The van der Waals surface area contributed by atoms with Gasteiger partial charge >= 0.3 is 0 Å². The third-order valence-corrected chi connectivity index (χ3v) is 2.10. The number of para-hydroxylation sites is 1. The standard InChI is InChI=1S/C9H11NO2S/c10-7(5-13)9(12)6-3-1-2-4-8(6)11/h1-4,7,11,13H,5,10H2/t7-/m0/s1. The number of ketones is 1. The van der Waals surface area contributed by atoms with Gasteiger partial charge in [-0.2, -0.15) is 12.6 Å². The molecule has 0 unspecified atom stereocenters. The van der Waals surface area contributed by atoms with E-state index in [4.69, 9.17) is 5.73 Å². The van der Waals surface area contributed by atoms with Crippen molar-refractivity contribution < 1.29 is 9.90 Å². The van der Waals surface area contributed by atoms with Crippen LogP contribution in [0.4, 0.5) is 0 Å². The number of phenolic OH excluding ortho intramolecular Hbond substituents is 1. The number of carbonyl (C=O) groups is 1. The van der Waals surface area contributed by atoms with E-state index >= 15 is 0 Å². The van der Waals surface area contributed by atoms with E-state index in [1.807, 2.05) is 0 Å². The van der Waals surface area contributed by atoms with Crippen LogP contribution in [0, 0.1) is 0 Å². The monoisotopic (exact) mass is 197 g/mol. The Labute approximate surface area is 82.0 Å². The van der Waals surface area contributed by atoms with Crippen LogP contribution in [0.15, 0.2) is 24.3 Å². The fourth-order valence-corrected chi connectivity index (χ4v) is 1.13. The number of hydrogen-bond acceptors (Lipinski definition) is 4. The van der Waals surface area contributed by atoms with Gasteiger partial charge in [0.2, 0.25) is 0 Å². The molecule has 3 N–H and O–H groups in total. The number of carbonyl (C=O) groups excluding carboxylic acids is 1. The Morgan fingerprint density at radius 3 is 2.69 bits per heavy atom. The smallest absolute Gasteiger partial charge is 0.184 e. The van der Waals surface area contributed by atoms with Crippen molar-refractivity contribution in [3.05, 3.63) is 29.8 Å². The van der Waals surface area contributed by atoms with Gasteiger partial charge in [0.05, 0.1) is 11.6 Å². The quantitative estimate of drug-likeness (QED) is 0.497. The minimum atomic E-state index is -0.656. The second kappa shape index (κ2) is 4.30. The molecule has 0 aliphatic heterocycles. The molecule has 1 atom stereocenters. The lowest BCUT2D eigenvalue weighted by Crippen LogP contribution is -2.32. The van der Waals surface area contributed by atoms with Crippen molar-refractivity contribution in [3.8, 4) is 5.75 Å². The third kappa shape index (κ3) is 2.23. The maximum Gasteiger partial charge on any atom is 0.184 e. The molecule has 0 aromatic heterocycles. The predicted molar refractivity (Wildman–Crippen MR) is 54.3 cm³/mol. The lowest BCUT2D eigenvalue weighted by atomic mass is 10.1. The summed E-state index contributed by atoms with van der Waals surface area (Å²) in [7, 11) is 0. The maximum atomic E-state index is 11.5. The molecule has 0 saturated carbocycles. The highest BCUT2D eigenvalue weighted by atomic mass is 32.1. The SMILES string of the molecule is N[C@@H](CS)C(=O)c1ccccc1O. The minimum absolute atomic E-state index is 0.0373. The first kappa shape index (κ1) is 10.1. The van der Waals surface area contributed by atoms with Gasteiger partial charge in [0.15, 0.2) is 5.78 Å². The molecule has 1 aromatic rings. The van der Waals surface area contributed by atoms with Gasteiger partial charge in [-0.25, -0.2) is 0 Å². The van der Waals surface area contributed by atoms with Crippen molar-refractivity contribution in [2.75, 3.05) is 5.75 Å². The summed E-state index contributed by atoms with van der Waals surface area (Å²) in [5.74, 6) is -0.0505. The van der Waals surface area contributed by atoms with Crippen LogP contribution in [-0.4, -0.2) is 22.7 Å². The largest absolute Gasteiger partial charge is 0.507 e. The number of thiol groups is 1. The Balaban J connectivity index is 2.95. The molecule has 4 heteroatoms. The summed E-state index contributed by atoms with van der Waals surface area (Å²) in [4.78, 5) is 11.5. The molecule has 1 aromatic carbocycles. The van der Waals surface area contributed by atoms with Gasteiger partial charge in [0, 0.05) is 5.75 Å². The van der Waals surface area contributed by atoms with Gasteiger partial charge < -0.3 is 10.8 Å². The Hall–Kier alpha value is -1.00. The number of phenols is 1. The van der Waals surface area contributed by atoms with Gasteiger partial charge in [-0.15, -0.1) is 0 Å². The first-order chi connectivity index (χ1) is 6.16. The van der Waals surface area contributed by atoms with E-state index in [-0.39, 0.29) is 22.8 Å². The number of hydrogen-bond donors (Lipinski definition) is 3. The molecule has 0 heterocycles. The lowest BCUT2D eigenvalue weighted by molar-refractivity contribution is 0.0967. The number of Topliss-reactive ketones (excluding diaryl/α,β-unsaturated/α-hetero) is 1. The highest BCUT2D eigenvalue weighted by molar-refractivity contribution is 7.80. The zero-order valence-corrected chi connectivity index (χ0v) is 7.87. The van der Waals surface area contributed by atoms with E-state index < -0.39 is 6.04 Å². The molecular formula is C9H11NO2S. The highest BCUT2D eigenvalue weighted by Gasteiger charge is 2.16. The molecule has 0 bridgehead atoms. The number of nitrogens with two attached hydrogens (primary N) is 1. The molecule has 13 heavy (non-hydrogen) atoms. The van der Waals surface area contributed by atoms with Crippen molar-refractivity contribution >= 4 is 18.4 Å². The summed E-state index contributed by atoms with van der Waals surface area (Å²) in [6.07, 6.45) is 0. The Bertz CT molecular complexity index is 314. The van der Waals surface area contributed by atoms with Crippen LogP contribution in [-0.2, 0) is 0 Å². The molecule has 0 amide bonds. The summed E-state index contributed by atoms with van der Waals surface area (Å²) < 4.78 is 0. The van der Waals surface area contributed by atoms with E-state index in [9.17, 15) is 9.90 Å². The summed E-state index contributed by atoms with van der Waals surface area (Å²) >= 11 is 3.91. The van der Waals surface area contributed by atoms with Crippen LogP contribution < -0.4 is 5.73 Å². The predicted octanol–water partition coefficient (Wildman–Crippen LogP) is 0.832. The van der Waals surface area contributed by atoms with Gasteiger partial charge in [-0.1, -0.05) is 12.1 Å². The van der Waals surface area contributed by atoms with Crippen LogP contribution in [0.25, 0.3) is 0 Å². The second-order valence-corrected chi connectivity index (χ2v) is 3.04. The molecule has 0 aliphatic rings. The molecule has 0 fully saturated rings. The van der Waals surface area contributed by atoms with E-state index in [2.05, 4.69) is 12.6 Å². The molecule has 70 valence electrons. The average Bonchev–Trinajstić information content (AvgIpc) is 2.16. The van der Waals surface area contributed by atoms with Gasteiger partial charge in [0.1, 0.15) is 5.75 Å². The zero-order chi connectivity index (χ0) is 9.84. The van der Waals surface area contributed by atoms with Crippen LogP contribution in [0.3, 0.4) is 0 Å². The van der Waals surface area contributed by atoms with Gasteiger partial charge in [0.25, 0.3) is 0 Å². The van der Waals surface area contributed by atoms with Crippen LogP contribution in [0.2, 0.25) is 0 Å². The summed E-state index contributed by atoms with van der Waals surface area (Å²) in [5.41, 5.74) is 5.73. The zero-order valence-electron chi connectivity index (χ0n) is 6.97. The van der Waals surface area contributed by atoms with Crippen molar-refractivity contribution in [3.63, 3.8) is 0 Å². The van der Waals surface area contributed by atoms with Crippen molar-refractivity contribution in [1.82, 2.24) is 0 Å². The van der Waals surface area contributed by atoms with E-state index in [1.54, 1.807) is 18.2 Å². The average molecular weight is 197 g/mol. The normalized spacial score (nSPS) is 12.5. The van der Waals surface area contributed by atoms with E-state index in [1.165, 1.54) is 6.07 Å². The summed E-state index contributed by atoms with van der Waals surface area (Å²) in [5, 5.41) is 9.32. The van der Waals surface area contributed by atoms with E-state index in [0.29, 0.717) is 0 Å². The second-order valence-electron chi connectivity index (χ2n) is 2.67. The first-order valence-corrected chi connectivity index (χ1v) is 4.48. The van der Waals surface area contributed by atoms with Gasteiger partial charge in [-0.3, -0.25) is 4.79 Å². The fourth-order valence-electron chi connectivity index (χ4n) is 0.965. The highest BCUT2D eigenvalue weighted by Crippen LogP contribution is 2.17. The number of aromatic hydroxyl groups is 1. The molecule has 0 spiro atoms. The Morgan fingerprint density at radius 2 is 2.15 bits per heavy atom. The molecular weight excluding hydrogens is 186 g/mol. The molecule has 0 saturated heterocycles. The Morgan fingerprint density at radius 1 is 1.54 bits per heavy atom. The van der Waals surface area contributed by atoms with Crippen LogP contribution in [0.1, 0.15) is 10.4 Å². The van der Waals surface area contributed by atoms with Crippen molar-refractivity contribution in [2.24, 2.45) is 5.73 Å². The van der Waals surface area contributed by atoms with Crippen LogP contribution in [0.5, 0.6) is 5.75 Å². The molecule has 0 aliphatic carbocycles. The van der Waals surface area contributed by atoms with Crippen LogP contribution >= 0.6 is 12.6 Å². The first-order valence-electron chi connectivity index (χ1n) is 3.85. The third-order valence-electron chi connectivity index (χ3n) is 1.70. The summed E-state index contributed by atoms with van der Waals surface area (Å²) in [6.45, 7) is 0. The minimum Gasteiger partial charge on any atom is -0.507 e. The lowest BCUT2D eigenvalue weighted by Gasteiger charge is -2.07. The van der Waals surface area contributed by atoms with Crippen molar-refractivity contribution in [1.29, 1.82) is 0 Å². The van der Waals surface area contributed by atoms with Crippen molar-refractivity contribution in [2.45, 2.75) is 6.04 Å². The summed E-state index contributed by atoms with van der Waals surface area (Å²) in [6, 6.07) is 5.67. The maximum absolute atomic E-state index is 11.5. The van der Waals surface area contributed by atoms with Gasteiger partial charge in [-0.05, 0) is 12.1 Å².